The largest absolute Gasteiger partial charge is 0.486 e. The first-order valence-corrected chi connectivity index (χ1v) is 9.05. The van der Waals surface area contributed by atoms with E-state index in [1.165, 1.54) is 0 Å². The van der Waals surface area contributed by atoms with Gasteiger partial charge in [0.15, 0.2) is 5.78 Å². The maximum absolute atomic E-state index is 12.7. The van der Waals surface area contributed by atoms with Crippen molar-refractivity contribution in [2.45, 2.75) is 52.6 Å². The monoisotopic (exact) mass is 345 g/mol. The Morgan fingerprint density at radius 1 is 1.28 bits per heavy atom. The number of aryl methyl sites for hydroxylation is 2. The number of amides is 1. The molecule has 1 aromatic rings. The number of likely N-dealkylation sites (tertiary alicyclic amines) is 1. The van der Waals surface area contributed by atoms with Crippen molar-refractivity contribution in [1.29, 1.82) is 0 Å². The van der Waals surface area contributed by atoms with Gasteiger partial charge in [0.05, 0.1) is 18.6 Å². The standard InChI is InChI=1S/C20H27NO4/c1-13(2)12-24-19(23)21-7-5-20(6-8-21)11-17(22)16-10-14(3)9-15(4)18(16)25-20/h9-10,13H,5-8,11-12H2,1-4H3. The van der Waals surface area contributed by atoms with Crippen LogP contribution in [0.1, 0.15) is 54.6 Å². The lowest BCUT2D eigenvalue weighted by atomic mass is 9.81. The van der Waals surface area contributed by atoms with E-state index in [9.17, 15) is 9.59 Å². The van der Waals surface area contributed by atoms with Crippen LogP contribution in [0.15, 0.2) is 12.1 Å². The third kappa shape index (κ3) is 3.65. The molecule has 1 fully saturated rings. The summed E-state index contributed by atoms with van der Waals surface area (Å²) in [6.45, 7) is 9.56. The second-order valence-corrected chi connectivity index (χ2v) is 7.80. The zero-order chi connectivity index (χ0) is 18.2. The number of Topliss-reactive ketones (excluding diaryl/α,β-unsaturated/α-hetero) is 1. The number of rotatable bonds is 2. The number of nitrogens with zero attached hydrogens (tertiary/aromatic N) is 1. The van der Waals surface area contributed by atoms with E-state index >= 15 is 0 Å². The predicted molar refractivity (Wildman–Crippen MR) is 95.2 cm³/mol. The van der Waals surface area contributed by atoms with Crippen LogP contribution in [0.3, 0.4) is 0 Å². The van der Waals surface area contributed by atoms with Crippen molar-refractivity contribution < 1.29 is 19.1 Å². The van der Waals surface area contributed by atoms with Gasteiger partial charge in [0.1, 0.15) is 11.4 Å². The van der Waals surface area contributed by atoms with E-state index in [1.54, 1.807) is 4.90 Å². The molecule has 5 heteroatoms. The molecule has 136 valence electrons. The first-order valence-electron chi connectivity index (χ1n) is 9.05. The second kappa shape index (κ2) is 6.70. The van der Waals surface area contributed by atoms with Gasteiger partial charge in [-0.1, -0.05) is 19.9 Å². The summed E-state index contributed by atoms with van der Waals surface area (Å²) in [5.74, 6) is 1.18. The molecule has 0 saturated carbocycles. The number of piperidine rings is 1. The van der Waals surface area contributed by atoms with Crippen LogP contribution in [0.2, 0.25) is 0 Å². The highest BCUT2D eigenvalue weighted by Crippen LogP contribution is 2.41. The predicted octanol–water partition coefficient (Wildman–Crippen LogP) is 3.90. The van der Waals surface area contributed by atoms with Crippen LogP contribution in [-0.4, -0.2) is 42.1 Å². The first-order chi connectivity index (χ1) is 11.8. The van der Waals surface area contributed by atoms with Crippen molar-refractivity contribution in [1.82, 2.24) is 4.90 Å². The Kier molecular flexibility index (Phi) is 4.76. The van der Waals surface area contributed by atoms with Crippen LogP contribution in [-0.2, 0) is 4.74 Å². The topological polar surface area (TPSA) is 55.8 Å². The Hall–Kier alpha value is -2.04. The number of ketones is 1. The highest BCUT2D eigenvalue weighted by molar-refractivity contribution is 6.01. The van der Waals surface area contributed by atoms with Gasteiger partial charge in [-0.05, 0) is 37.0 Å². The summed E-state index contributed by atoms with van der Waals surface area (Å²) < 4.78 is 11.7. The quantitative estimate of drug-likeness (QED) is 0.816. The molecule has 1 aromatic carbocycles. The lowest BCUT2D eigenvalue weighted by Crippen LogP contribution is -2.52. The van der Waals surface area contributed by atoms with Crippen LogP contribution < -0.4 is 4.74 Å². The van der Waals surface area contributed by atoms with E-state index in [4.69, 9.17) is 9.47 Å². The summed E-state index contributed by atoms with van der Waals surface area (Å²) >= 11 is 0. The minimum Gasteiger partial charge on any atom is -0.486 e. The second-order valence-electron chi connectivity index (χ2n) is 7.80. The summed E-state index contributed by atoms with van der Waals surface area (Å²) in [5, 5.41) is 0. The van der Waals surface area contributed by atoms with Crippen molar-refractivity contribution in [3.8, 4) is 5.75 Å². The van der Waals surface area contributed by atoms with Crippen LogP contribution in [0.4, 0.5) is 4.79 Å². The molecule has 5 nitrogen and oxygen atoms in total. The van der Waals surface area contributed by atoms with Gasteiger partial charge in [0, 0.05) is 25.9 Å². The number of ether oxygens (including phenoxy) is 2. The molecule has 1 spiro atoms. The van der Waals surface area contributed by atoms with Gasteiger partial charge in [-0.15, -0.1) is 0 Å². The molecule has 3 rings (SSSR count). The molecule has 1 saturated heterocycles. The number of carbonyl (C=O) groups excluding carboxylic acids is 2. The van der Waals surface area contributed by atoms with E-state index in [1.807, 2.05) is 39.8 Å². The minimum absolute atomic E-state index is 0.142. The third-order valence-corrected chi connectivity index (χ3v) is 4.99. The normalized spacial score (nSPS) is 18.9. The molecule has 2 heterocycles. The molecular formula is C20H27NO4. The lowest BCUT2D eigenvalue weighted by Gasteiger charge is -2.44. The van der Waals surface area contributed by atoms with E-state index in [2.05, 4.69) is 0 Å². The van der Waals surface area contributed by atoms with Gasteiger partial charge in [-0.25, -0.2) is 4.79 Å². The number of hydrogen-bond acceptors (Lipinski definition) is 4. The van der Waals surface area contributed by atoms with Gasteiger partial charge < -0.3 is 14.4 Å². The van der Waals surface area contributed by atoms with Crippen molar-refractivity contribution in [2.24, 2.45) is 5.92 Å². The first kappa shape index (κ1) is 17.8. The zero-order valence-electron chi connectivity index (χ0n) is 15.6. The number of carbonyl (C=O) groups is 2. The SMILES string of the molecule is Cc1cc(C)c2c(c1)C(=O)CC1(CCN(C(=O)OCC(C)C)CC1)O2. The van der Waals surface area contributed by atoms with Crippen LogP contribution in [0, 0.1) is 19.8 Å². The molecule has 0 bridgehead atoms. The van der Waals surface area contributed by atoms with E-state index in [0.29, 0.717) is 50.4 Å². The summed E-state index contributed by atoms with van der Waals surface area (Å²) in [5.41, 5.74) is 2.29. The maximum atomic E-state index is 12.7. The van der Waals surface area contributed by atoms with Crippen molar-refractivity contribution in [3.63, 3.8) is 0 Å². The molecule has 25 heavy (non-hydrogen) atoms. The van der Waals surface area contributed by atoms with Gasteiger partial charge >= 0.3 is 6.09 Å². The van der Waals surface area contributed by atoms with E-state index in [-0.39, 0.29) is 11.9 Å². The molecular weight excluding hydrogens is 318 g/mol. The molecule has 2 aliphatic rings. The smallest absolute Gasteiger partial charge is 0.409 e. The Morgan fingerprint density at radius 3 is 2.60 bits per heavy atom. The van der Waals surface area contributed by atoms with Gasteiger partial charge in [0.25, 0.3) is 0 Å². The Bertz CT molecular complexity index is 687. The average Bonchev–Trinajstić information content (AvgIpc) is 2.55. The Morgan fingerprint density at radius 2 is 1.96 bits per heavy atom. The van der Waals surface area contributed by atoms with Gasteiger partial charge in [0.2, 0.25) is 0 Å². The van der Waals surface area contributed by atoms with Crippen molar-refractivity contribution in [3.05, 3.63) is 28.8 Å². The Balaban J connectivity index is 1.69. The van der Waals surface area contributed by atoms with Crippen LogP contribution in [0.25, 0.3) is 0 Å². The van der Waals surface area contributed by atoms with Gasteiger partial charge in [-0.2, -0.15) is 0 Å². The van der Waals surface area contributed by atoms with Crippen molar-refractivity contribution in [2.75, 3.05) is 19.7 Å². The molecule has 0 aliphatic carbocycles. The fraction of sp³-hybridized carbons (Fsp3) is 0.600. The molecule has 0 unspecified atom stereocenters. The fourth-order valence-corrected chi connectivity index (χ4v) is 3.64. The average molecular weight is 345 g/mol. The van der Waals surface area contributed by atoms with Crippen LogP contribution >= 0.6 is 0 Å². The van der Waals surface area contributed by atoms with Gasteiger partial charge in [-0.3, -0.25) is 4.79 Å². The highest BCUT2D eigenvalue weighted by atomic mass is 16.6. The third-order valence-electron chi connectivity index (χ3n) is 4.99. The zero-order valence-corrected chi connectivity index (χ0v) is 15.6. The summed E-state index contributed by atoms with van der Waals surface area (Å²) in [7, 11) is 0. The highest BCUT2D eigenvalue weighted by Gasteiger charge is 2.44. The summed E-state index contributed by atoms with van der Waals surface area (Å²) in [6.07, 6.45) is 1.43. The lowest BCUT2D eigenvalue weighted by molar-refractivity contribution is -0.0105. The fourth-order valence-electron chi connectivity index (χ4n) is 3.64. The Labute approximate surface area is 149 Å². The molecule has 2 aliphatic heterocycles. The maximum Gasteiger partial charge on any atom is 0.409 e. The number of benzene rings is 1. The number of hydrogen-bond donors (Lipinski definition) is 0. The molecule has 0 N–H and O–H groups in total. The summed E-state index contributed by atoms with van der Waals surface area (Å²) in [4.78, 5) is 26.5. The van der Waals surface area contributed by atoms with Crippen LogP contribution in [0.5, 0.6) is 5.75 Å². The molecule has 0 radical (unpaired) electrons. The van der Waals surface area contributed by atoms with E-state index in [0.717, 1.165) is 16.9 Å². The molecule has 1 amide bonds. The van der Waals surface area contributed by atoms with Crippen molar-refractivity contribution >= 4 is 11.9 Å². The summed E-state index contributed by atoms with van der Waals surface area (Å²) in [6, 6.07) is 3.96. The molecule has 0 atom stereocenters. The minimum atomic E-state index is -0.487. The van der Waals surface area contributed by atoms with E-state index < -0.39 is 5.60 Å². The number of fused-ring (bicyclic) bond motifs is 1. The molecule has 0 aromatic heterocycles.